The molecule has 2 unspecified atom stereocenters. The van der Waals surface area contributed by atoms with Gasteiger partial charge in [-0.2, -0.15) is 0 Å². The lowest BCUT2D eigenvalue weighted by atomic mass is 10.3. The number of rotatable bonds is 2. The zero-order valence-corrected chi connectivity index (χ0v) is 12.7. The summed E-state index contributed by atoms with van der Waals surface area (Å²) >= 11 is 0. The van der Waals surface area contributed by atoms with Gasteiger partial charge in [-0.3, -0.25) is 0 Å². The zero-order valence-electron chi connectivity index (χ0n) is 11.9. The SMILES string of the molecule is CC1CN(C(=O)NCc2cncn2C)CC(C)S1(=O)=O. The number of aryl methyl sites for hydroxylation is 1. The molecule has 1 N–H and O–H groups in total. The third-order valence-corrected chi connectivity index (χ3v) is 6.24. The molecule has 1 saturated heterocycles. The number of carbonyl (C=O) groups excluding carboxylic acids is 1. The molecule has 0 radical (unpaired) electrons. The minimum Gasteiger partial charge on any atom is -0.336 e. The van der Waals surface area contributed by atoms with Crippen LogP contribution in [-0.4, -0.2) is 52.5 Å². The average molecular weight is 300 g/mol. The molecular formula is C12H20N4O3S. The molecule has 20 heavy (non-hydrogen) atoms. The number of hydrogen-bond donors (Lipinski definition) is 1. The molecule has 2 heterocycles. The van der Waals surface area contributed by atoms with Gasteiger partial charge in [-0.25, -0.2) is 18.2 Å². The Labute approximate surface area is 118 Å². The monoisotopic (exact) mass is 300 g/mol. The van der Waals surface area contributed by atoms with Gasteiger partial charge in [0.2, 0.25) is 0 Å². The van der Waals surface area contributed by atoms with Crippen LogP contribution in [0.4, 0.5) is 4.79 Å². The Bertz CT molecular complexity index is 578. The van der Waals surface area contributed by atoms with Crippen LogP contribution in [0.25, 0.3) is 0 Å². The van der Waals surface area contributed by atoms with E-state index in [0.717, 1.165) is 5.69 Å². The highest BCUT2D eigenvalue weighted by atomic mass is 32.2. The molecule has 0 bridgehead atoms. The van der Waals surface area contributed by atoms with Crippen LogP contribution in [0.3, 0.4) is 0 Å². The van der Waals surface area contributed by atoms with E-state index in [1.807, 2.05) is 11.6 Å². The largest absolute Gasteiger partial charge is 0.336 e. The second kappa shape index (κ2) is 5.43. The molecule has 0 aliphatic carbocycles. The maximum Gasteiger partial charge on any atom is 0.317 e. The highest BCUT2D eigenvalue weighted by Crippen LogP contribution is 2.18. The van der Waals surface area contributed by atoms with Crippen molar-refractivity contribution in [1.82, 2.24) is 19.8 Å². The van der Waals surface area contributed by atoms with Crippen LogP contribution in [0.15, 0.2) is 12.5 Å². The number of imidazole rings is 1. The lowest BCUT2D eigenvalue weighted by Gasteiger charge is -2.34. The number of nitrogens with one attached hydrogen (secondary N) is 1. The fourth-order valence-corrected chi connectivity index (χ4v) is 3.87. The van der Waals surface area contributed by atoms with E-state index in [-0.39, 0.29) is 19.1 Å². The van der Waals surface area contributed by atoms with Gasteiger partial charge in [-0.1, -0.05) is 0 Å². The van der Waals surface area contributed by atoms with Gasteiger partial charge in [-0.15, -0.1) is 0 Å². The fourth-order valence-electron chi connectivity index (χ4n) is 2.30. The van der Waals surface area contributed by atoms with Crippen molar-refractivity contribution < 1.29 is 13.2 Å². The number of aromatic nitrogens is 2. The number of nitrogens with zero attached hydrogens (tertiary/aromatic N) is 3. The van der Waals surface area contributed by atoms with E-state index in [0.29, 0.717) is 6.54 Å². The minimum absolute atomic E-state index is 0.236. The number of carbonyl (C=O) groups is 1. The van der Waals surface area contributed by atoms with Gasteiger partial charge >= 0.3 is 6.03 Å². The van der Waals surface area contributed by atoms with Crippen molar-refractivity contribution in [2.45, 2.75) is 30.9 Å². The summed E-state index contributed by atoms with van der Waals surface area (Å²) in [5.41, 5.74) is 0.893. The second-order valence-corrected chi connectivity index (χ2v) is 8.06. The standard InChI is InChI=1S/C12H20N4O3S/c1-9-6-16(7-10(2)20(9,18)19)12(17)14-5-11-4-13-8-15(11)3/h4,8-10H,5-7H2,1-3H3,(H,14,17). The first-order chi connectivity index (χ1) is 9.32. The summed E-state index contributed by atoms with van der Waals surface area (Å²) in [5.74, 6) is 0. The molecule has 1 aromatic heterocycles. The highest BCUT2D eigenvalue weighted by Gasteiger charge is 2.37. The molecule has 7 nitrogen and oxygen atoms in total. The molecule has 8 heteroatoms. The van der Waals surface area contributed by atoms with Crippen molar-refractivity contribution in [2.75, 3.05) is 13.1 Å². The smallest absolute Gasteiger partial charge is 0.317 e. The first-order valence-electron chi connectivity index (χ1n) is 6.53. The summed E-state index contributed by atoms with van der Waals surface area (Å²) < 4.78 is 25.6. The Morgan fingerprint density at radius 3 is 2.50 bits per heavy atom. The number of sulfone groups is 1. The number of urea groups is 1. The molecule has 2 rings (SSSR count). The summed E-state index contributed by atoms with van der Waals surface area (Å²) in [6, 6.07) is -0.236. The Balaban J connectivity index is 1.96. The first kappa shape index (κ1) is 14.8. The van der Waals surface area contributed by atoms with Gasteiger partial charge in [0.05, 0.1) is 29.1 Å². The number of amides is 2. The van der Waals surface area contributed by atoms with Crippen molar-refractivity contribution in [1.29, 1.82) is 0 Å². The van der Waals surface area contributed by atoms with E-state index in [4.69, 9.17) is 0 Å². The lowest BCUT2D eigenvalue weighted by Crippen LogP contribution is -2.54. The maximum atomic E-state index is 12.1. The van der Waals surface area contributed by atoms with E-state index in [1.54, 1.807) is 31.3 Å². The van der Waals surface area contributed by atoms with Crippen molar-refractivity contribution >= 4 is 15.9 Å². The van der Waals surface area contributed by atoms with Gasteiger partial charge in [0.25, 0.3) is 0 Å². The molecule has 1 aliphatic heterocycles. The van der Waals surface area contributed by atoms with Crippen LogP contribution in [0.5, 0.6) is 0 Å². The topological polar surface area (TPSA) is 84.3 Å². The minimum atomic E-state index is -3.11. The van der Waals surface area contributed by atoms with E-state index < -0.39 is 20.3 Å². The van der Waals surface area contributed by atoms with Crippen LogP contribution in [-0.2, 0) is 23.4 Å². The van der Waals surface area contributed by atoms with Gasteiger partial charge in [0.1, 0.15) is 0 Å². The Hall–Kier alpha value is -1.57. The van der Waals surface area contributed by atoms with Crippen LogP contribution < -0.4 is 5.32 Å². The fraction of sp³-hybridized carbons (Fsp3) is 0.667. The van der Waals surface area contributed by atoms with Crippen LogP contribution in [0.1, 0.15) is 19.5 Å². The second-order valence-electron chi connectivity index (χ2n) is 5.27. The molecule has 112 valence electrons. The predicted octanol–water partition coefficient (Wildman–Crippen LogP) is 0.137. The molecule has 1 aliphatic rings. The van der Waals surface area contributed by atoms with Gasteiger partial charge in [0.15, 0.2) is 9.84 Å². The van der Waals surface area contributed by atoms with E-state index >= 15 is 0 Å². The van der Waals surface area contributed by atoms with Crippen molar-refractivity contribution in [3.05, 3.63) is 18.2 Å². The lowest BCUT2D eigenvalue weighted by molar-refractivity contribution is 0.194. The Kier molecular flexibility index (Phi) is 4.03. The molecule has 0 saturated carbocycles. The molecule has 0 aromatic carbocycles. The maximum absolute atomic E-state index is 12.1. The normalized spacial score (nSPS) is 25.4. The summed E-state index contributed by atoms with van der Waals surface area (Å²) in [7, 11) is -1.25. The zero-order chi connectivity index (χ0) is 14.9. The van der Waals surface area contributed by atoms with E-state index in [9.17, 15) is 13.2 Å². The van der Waals surface area contributed by atoms with Gasteiger partial charge < -0.3 is 14.8 Å². The van der Waals surface area contributed by atoms with E-state index in [2.05, 4.69) is 10.3 Å². The number of hydrogen-bond acceptors (Lipinski definition) is 4. The van der Waals surface area contributed by atoms with E-state index in [1.165, 1.54) is 0 Å². The van der Waals surface area contributed by atoms with Gasteiger partial charge in [0, 0.05) is 26.3 Å². The molecule has 1 aromatic rings. The average Bonchev–Trinajstić information content (AvgIpc) is 2.78. The Morgan fingerprint density at radius 1 is 1.40 bits per heavy atom. The molecule has 2 atom stereocenters. The van der Waals surface area contributed by atoms with Crippen molar-refractivity contribution in [3.8, 4) is 0 Å². The molecule has 2 amide bonds. The van der Waals surface area contributed by atoms with Crippen molar-refractivity contribution in [2.24, 2.45) is 7.05 Å². The highest BCUT2D eigenvalue weighted by molar-refractivity contribution is 7.92. The molecular weight excluding hydrogens is 280 g/mol. The van der Waals surface area contributed by atoms with Crippen LogP contribution in [0.2, 0.25) is 0 Å². The third kappa shape index (κ3) is 2.79. The summed E-state index contributed by atoms with van der Waals surface area (Å²) in [4.78, 5) is 17.6. The predicted molar refractivity (Wildman–Crippen MR) is 74.9 cm³/mol. The third-order valence-electron chi connectivity index (χ3n) is 3.70. The molecule has 1 fully saturated rings. The summed E-state index contributed by atoms with van der Waals surface area (Å²) in [5, 5.41) is 1.76. The Morgan fingerprint density at radius 2 is 2.00 bits per heavy atom. The quantitative estimate of drug-likeness (QED) is 0.842. The van der Waals surface area contributed by atoms with Gasteiger partial charge in [-0.05, 0) is 13.8 Å². The first-order valence-corrected chi connectivity index (χ1v) is 8.14. The van der Waals surface area contributed by atoms with Crippen LogP contribution in [0, 0.1) is 0 Å². The molecule has 0 spiro atoms. The summed E-state index contributed by atoms with van der Waals surface area (Å²) in [6.07, 6.45) is 3.35. The summed E-state index contributed by atoms with van der Waals surface area (Å²) in [6.45, 7) is 4.15. The van der Waals surface area contributed by atoms with Crippen LogP contribution >= 0.6 is 0 Å². The van der Waals surface area contributed by atoms with Crippen molar-refractivity contribution in [3.63, 3.8) is 0 Å².